The zero-order chi connectivity index (χ0) is 17.5. The van der Waals surface area contributed by atoms with E-state index in [0.29, 0.717) is 11.8 Å². The minimum absolute atomic E-state index is 0.257. The normalized spacial score (nSPS) is 13.8. The predicted octanol–water partition coefficient (Wildman–Crippen LogP) is 4.22. The average molecular weight is 338 g/mol. The first-order chi connectivity index (χ1) is 12.2. The van der Waals surface area contributed by atoms with Crippen molar-refractivity contribution >= 4 is 23.4 Å². The van der Waals surface area contributed by atoms with Gasteiger partial charge in [0, 0.05) is 18.4 Å². The summed E-state index contributed by atoms with van der Waals surface area (Å²) in [5.41, 5.74) is 2.56. The van der Waals surface area contributed by atoms with Crippen LogP contribution in [0.2, 0.25) is 0 Å². The van der Waals surface area contributed by atoms with Crippen molar-refractivity contribution in [3.05, 3.63) is 53.7 Å². The number of hydrogen-bond donors (Lipinski definition) is 3. The van der Waals surface area contributed by atoms with Gasteiger partial charge in [0.15, 0.2) is 0 Å². The summed E-state index contributed by atoms with van der Waals surface area (Å²) in [6, 6.07) is 8.33. The van der Waals surface area contributed by atoms with Crippen molar-refractivity contribution in [3.63, 3.8) is 0 Å². The molecule has 0 amide bonds. The Hall–Kier alpha value is -2.89. The van der Waals surface area contributed by atoms with E-state index in [1.54, 1.807) is 36.5 Å². The fourth-order valence-corrected chi connectivity index (χ4v) is 2.82. The molecule has 1 heterocycles. The number of allylic oxidation sites excluding steroid dienone is 1. The van der Waals surface area contributed by atoms with E-state index >= 15 is 0 Å². The molecule has 0 aliphatic heterocycles. The molecular formula is C19H22N4O2. The standard InChI is InChI=1S/C19H22N4O2/c24-18(25)15-6-8-16(9-7-15)22-17-11-13-21-19(23-17)20-12-10-14-4-2-1-3-5-14/h4,6-9,11,13H,1-3,5,10,12H2,(H,24,25)(H2,20,21,22,23). The highest BCUT2D eigenvalue weighted by molar-refractivity contribution is 5.88. The number of aromatic carboxylic acids is 1. The second kappa shape index (κ2) is 8.28. The molecule has 0 saturated carbocycles. The van der Waals surface area contributed by atoms with Crippen LogP contribution in [-0.4, -0.2) is 27.6 Å². The van der Waals surface area contributed by atoms with Crippen LogP contribution in [0.1, 0.15) is 42.5 Å². The number of carboxylic acids is 1. The Balaban J connectivity index is 1.55. The van der Waals surface area contributed by atoms with E-state index in [-0.39, 0.29) is 5.56 Å². The first-order valence-corrected chi connectivity index (χ1v) is 8.56. The van der Waals surface area contributed by atoms with Gasteiger partial charge in [-0.3, -0.25) is 0 Å². The number of hydrogen-bond acceptors (Lipinski definition) is 5. The third kappa shape index (κ3) is 5.04. The first kappa shape index (κ1) is 17.0. The predicted molar refractivity (Wildman–Crippen MR) is 98.4 cm³/mol. The Labute approximate surface area is 147 Å². The third-order valence-corrected chi connectivity index (χ3v) is 4.17. The van der Waals surface area contributed by atoms with Crippen LogP contribution in [0, 0.1) is 0 Å². The summed E-state index contributed by atoms with van der Waals surface area (Å²) in [6.07, 6.45) is 10.1. The number of benzene rings is 1. The van der Waals surface area contributed by atoms with Gasteiger partial charge >= 0.3 is 5.97 Å². The molecule has 0 fully saturated rings. The fraction of sp³-hybridized carbons (Fsp3) is 0.316. The maximum Gasteiger partial charge on any atom is 0.335 e. The van der Waals surface area contributed by atoms with Crippen molar-refractivity contribution in [3.8, 4) is 0 Å². The van der Waals surface area contributed by atoms with E-state index in [0.717, 1.165) is 18.7 Å². The second-order valence-electron chi connectivity index (χ2n) is 6.06. The maximum absolute atomic E-state index is 10.9. The number of carboxylic acid groups (broad SMARTS) is 1. The second-order valence-corrected chi connectivity index (χ2v) is 6.06. The molecule has 1 aliphatic rings. The van der Waals surface area contributed by atoms with Crippen LogP contribution in [0.5, 0.6) is 0 Å². The number of nitrogens with zero attached hydrogens (tertiary/aromatic N) is 2. The SMILES string of the molecule is O=C(O)c1ccc(Nc2ccnc(NCCC3=CCCCC3)n2)cc1. The topological polar surface area (TPSA) is 87.1 Å². The molecule has 0 radical (unpaired) electrons. The highest BCUT2D eigenvalue weighted by Gasteiger charge is 2.05. The molecule has 3 rings (SSSR count). The first-order valence-electron chi connectivity index (χ1n) is 8.56. The van der Waals surface area contributed by atoms with Gasteiger partial charge in [-0.2, -0.15) is 4.98 Å². The Bertz CT molecular complexity index is 756. The number of aromatic nitrogens is 2. The van der Waals surface area contributed by atoms with Gasteiger partial charge in [-0.1, -0.05) is 11.6 Å². The van der Waals surface area contributed by atoms with Crippen molar-refractivity contribution in [2.24, 2.45) is 0 Å². The van der Waals surface area contributed by atoms with Crippen molar-refractivity contribution < 1.29 is 9.90 Å². The van der Waals surface area contributed by atoms with Crippen LogP contribution in [0.25, 0.3) is 0 Å². The quantitative estimate of drug-likeness (QED) is 0.655. The molecule has 1 aliphatic carbocycles. The Morgan fingerprint density at radius 3 is 2.72 bits per heavy atom. The summed E-state index contributed by atoms with van der Waals surface area (Å²) in [5, 5.41) is 15.3. The minimum atomic E-state index is -0.937. The number of nitrogens with one attached hydrogen (secondary N) is 2. The smallest absolute Gasteiger partial charge is 0.335 e. The molecule has 6 heteroatoms. The van der Waals surface area contributed by atoms with Crippen molar-refractivity contribution in [1.82, 2.24) is 9.97 Å². The van der Waals surface area contributed by atoms with Gasteiger partial charge in [-0.15, -0.1) is 0 Å². The lowest BCUT2D eigenvalue weighted by Gasteiger charge is -2.13. The summed E-state index contributed by atoms with van der Waals surface area (Å²) in [5.74, 6) is 0.314. The zero-order valence-electron chi connectivity index (χ0n) is 14.0. The Kier molecular flexibility index (Phi) is 5.61. The van der Waals surface area contributed by atoms with Gasteiger partial charge in [-0.25, -0.2) is 9.78 Å². The molecule has 0 unspecified atom stereocenters. The lowest BCUT2D eigenvalue weighted by Crippen LogP contribution is -2.08. The number of anilines is 3. The molecule has 0 spiro atoms. The fourth-order valence-electron chi connectivity index (χ4n) is 2.82. The summed E-state index contributed by atoms with van der Waals surface area (Å²) in [6.45, 7) is 0.822. The van der Waals surface area contributed by atoms with E-state index in [1.807, 2.05) is 0 Å². The van der Waals surface area contributed by atoms with Crippen molar-refractivity contribution in [2.45, 2.75) is 32.1 Å². The number of rotatable bonds is 7. The van der Waals surface area contributed by atoms with Gasteiger partial charge in [0.1, 0.15) is 5.82 Å². The maximum atomic E-state index is 10.9. The highest BCUT2D eigenvalue weighted by atomic mass is 16.4. The number of carbonyl (C=O) groups is 1. The van der Waals surface area contributed by atoms with Crippen molar-refractivity contribution in [1.29, 1.82) is 0 Å². The molecule has 6 nitrogen and oxygen atoms in total. The molecule has 0 bridgehead atoms. The van der Waals surface area contributed by atoms with E-state index in [1.165, 1.54) is 31.3 Å². The van der Waals surface area contributed by atoms with Gasteiger partial charge in [0.2, 0.25) is 5.95 Å². The minimum Gasteiger partial charge on any atom is -0.478 e. The monoisotopic (exact) mass is 338 g/mol. The molecular weight excluding hydrogens is 316 g/mol. The average Bonchev–Trinajstić information content (AvgIpc) is 2.63. The third-order valence-electron chi connectivity index (χ3n) is 4.17. The molecule has 1 aromatic heterocycles. The molecule has 0 atom stereocenters. The molecule has 2 aromatic rings. The molecule has 130 valence electrons. The van der Waals surface area contributed by atoms with Crippen LogP contribution in [-0.2, 0) is 0 Å². The summed E-state index contributed by atoms with van der Waals surface area (Å²) in [4.78, 5) is 19.6. The Morgan fingerprint density at radius 1 is 1.16 bits per heavy atom. The lowest BCUT2D eigenvalue weighted by molar-refractivity contribution is 0.0697. The summed E-state index contributed by atoms with van der Waals surface area (Å²) >= 11 is 0. The molecule has 25 heavy (non-hydrogen) atoms. The van der Waals surface area contributed by atoms with E-state index in [2.05, 4.69) is 26.7 Å². The van der Waals surface area contributed by atoms with E-state index in [4.69, 9.17) is 5.11 Å². The molecule has 3 N–H and O–H groups in total. The van der Waals surface area contributed by atoms with Gasteiger partial charge in [0.25, 0.3) is 0 Å². The summed E-state index contributed by atoms with van der Waals surface area (Å²) in [7, 11) is 0. The highest BCUT2D eigenvalue weighted by Crippen LogP contribution is 2.20. The summed E-state index contributed by atoms with van der Waals surface area (Å²) < 4.78 is 0. The van der Waals surface area contributed by atoms with Gasteiger partial charge in [0.05, 0.1) is 5.56 Å². The van der Waals surface area contributed by atoms with Gasteiger partial charge in [-0.05, 0) is 62.4 Å². The lowest BCUT2D eigenvalue weighted by atomic mass is 9.97. The van der Waals surface area contributed by atoms with Crippen molar-refractivity contribution in [2.75, 3.05) is 17.2 Å². The van der Waals surface area contributed by atoms with Crippen LogP contribution < -0.4 is 10.6 Å². The van der Waals surface area contributed by atoms with E-state index < -0.39 is 5.97 Å². The Morgan fingerprint density at radius 2 is 2.00 bits per heavy atom. The van der Waals surface area contributed by atoms with Crippen LogP contribution >= 0.6 is 0 Å². The van der Waals surface area contributed by atoms with E-state index in [9.17, 15) is 4.79 Å². The zero-order valence-corrected chi connectivity index (χ0v) is 14.0. The molecule has 0 saturated heterocycles. The largest absolute Gasteiger partial charge is 0.478 e. The van der Waals surface area contributed by atoms with Gasteiger partial charge < -0.3 is 15.7 Å². The van der Waals surface area contributed by atoms with Crippen LogP contribution in [0.4, 0.5) is 17.5 Å². The van der Waals surface area contributed by atoms with Crippen LogP contribution in [0.15, 0.2) is 48.2 Å². The molecule has 1 aromatic carbocycles. The van der Waals surface area contributed by atoms with Crippen LogP contribution in [0.3, 0.4) is 0 Å².